The summed E-state index contributed by atoms with van der Waals surface area (Å²) in [5.74, 6) is 0.655. The number of nitrogens with zero attached hydrogens (tertiary/aromatic N) is 1. The highest BCUT2D eigenvalue weighted by atomic mass is 16.5. The second-order valence-corrected chi connectivity index (χ2v) is 5.60. The first-order chi connectivity index (χ1) is 11.3. The number of rotatable bonds is 3. The lowest BCUT2D eigenvalue weighted by molar-refractivity contribution is 0.0819. The Kier molecular flexibility index (Phi) is 3.42. The van der Waals surface area contributed by atoms with Gasteiger partial charge >= 0.3 is 0 Å². The van der Waals surface area contributed by atoms with Crippen LogP contribution >= 0.6 is 0 Å². The molecule has 0 unspecified atom stereocenters. The lowest BCUT2D eigenvalue weighted by atomic mass is 9.91. The lowest BCUT2D eigenvalue weighted by Crippen LogP contribution is -2.28. The summed E-state index contributed by atoms with van der Waals surface area (Å²) >= 11 is 0. The van der Waals surface area contributed by atoms with E-state index in [9.17, 15) is 4.79 Å². The molecular formula is C19H15NO3. The molecule has 2 heterocycles. The molecule has 4 heteroatoms. The van der Waals surface area contributed by atoms with Crippen LogP contribution in [0.5, 0.6) is 5.75 Å². The molecule has 2 aromatic carbocycles. The fraction of sp³-hybridized carbons (Fsp3) is 0.158. The summed E-state index contributed by atoms with van der Waals surface area (Å²) < 4.78 is 10.9. The van der Waals surface area contributed by atoms with Gasteiger partial charge in [0.15, 0.2) is 0 Å². The maximum Gasteiger partial charge on any atom is 0.263 e. The number of benzene rings is 2. The SMILES string of the molecule is O=C(c1ncco1)[C@@H]1COc2cc(-c3ccccc3)ccc2C1. The van der Waals surface area contributed by atoms with Gasteiger partial charge in [0.1, 0.15) is 12.0 Å². The van der Waals surface area contributed by atoms with Crippen molar-refractivity contribution in [3.8, 4) is 16.9 Å². The Morgan fingerprint density at radius 1 is 1.09 bits per heavy atom. The Balaban J connectivity index is 1.58. The van der Waals surface area contributed by atoms with Crippen molar-refractivity contribution in [3.63, 3.8) is 0 Å². The number of fused-ring (bicyclic) bond motifs is 1. The smallest absolute Gasteiger partial charge is 0.263 e. The summed E-state index contributed by atoms with van der Waals surface area (Å²) in [5.41, 5.74) is 3.31. The number of carbonyl (C=O) groups is 1. The van der Waals surface area contributed by atoms with E-state index in [1.807, 2.05) is 30.3 Å². The highest BCUT2D eigenvalue weighted by Crippen LogP contribution is 2.33. The third kappa shape index (κ3) is 2.63. The number of aromatic nitrogens is 1. The van der Waals surface area contributed by atoms with E-state index in [-0.39, 0.29) is 17.6 Å². The molecule has 1 aliphatic rings. The van der Waals surface area contributed by atoms with Crippen molar-refractivity contribution in [2.24, 2.45) is 5.92 Å². The first kappa shape index (κ1) is 13.8. The fourth-order valence-corrected chi connectivity index (χ4v) is 2.87. The van der Waals surface area contributed by atoms with Crippen LogP contribution in [0.2, 0.25) is 0 Å². The monoisotopic (exact) mass is 305 g/mol. The van der Waals surface area contributed by atoms with Crippen LogP contribution in [-0.2, 0) is 6.42 Å². The van der Waals surface area contributed by atoms with E-state index in [2.05, 4.69) is 23.2 Å². The molecule has 0 N–H and O–H groups in total. The average Bonchev–Trinajstić information content (AvgIpc) is 3.15. The zero-order valence-corrected chi connectivity index (χ0v) is 12.4. The Hall–Kier alpha value is -2.88. The molecular weight excluding hydrogens is 290 g/mol. The second kappa shape index (κ2) is 5.72. The summed E-state index contributed by atoms with van der Waals surface area (Å²) in [6, 6.07) is 16.3. The molecule has 1 aliphatic heterocycles. The summed E-state index contributed by atoms with van der Waals surface area (Å²) in [6.07, 6.45) is 3.54. The van der Waals surface area contributed by atoms with Gasteiger partial charge in [-0.05, 0) is 29.2 Å². The lowest BCUT2D eigenvalue weighted by Gasteiger charge is -2.24. The van der Waals surface area contributed by atoms with Crippen LogP contribution in [0.15, 0.2) is 65.4 Å². The van der Waals surface area contributed by atoms with Gasteiger partial charge in [-0.15, -0.1) is 0 Å². The van der Waals surface area contributed by atoms with Crippen molar-refractivity contribution in [2.45, 2.75) is 6.42 Å². The van der Waals surface area contributed by atoms with E-state index in [0.29, 0.717) is 13.0 Å². The van der Waals surface area contributed by atoms with Gasteiger partial charge in [-0.2, -0.15) is 0 Å². The van der Waals surface area contributed by atoms with Gasteiger partial charge in [0.2, 0.25) is 5.78 Å². The number of oxazole rings is 1. The quantitative estimate of drug-likeness (QED) is 0.691. The minimum Gasteiger partial charge on any atom is -0.493 e. The number of hydrogen-bond acceptors (Lipinski definition) is 4. The molecule has 1 aromatic heterocycles. The van der Waals surface area contributed by atoms with E-state index in [4.69, 9.17) is 9.15 Å². The van der Waals surface area contributed by atoms with Crippen molar-refractivity contribution in [2.75, 3.05) is 6.61 Å². The first-order valence-electron chi connectivity index (χ1n) is 7.56. The molecule has 114 valence electrons. The maximum atomic E-state index is 12.3. The van der Waals surface area contributed by atoms with Crippen LogP contribution in [0.4, 0.5) is 0 Å². The van der Waals surface area contributed by atoms with Crippen molar-refractivity contribution in [1.82, 2.24) is 4.98 Å². The van der Waals surface area contributed by atoms with Gasteiger partial charge < -0.3 is 9.15 Å². The van der Waals surface area contributed by atoms with E-state index in [1.54, 1.807) is 0 Å². The van der Waals surface area contributed by atoms with Gasteiger partial charge in [-0.25, -0.2) is 4.98 Å². The Bertz CT molecular complexity index is 825. The summed E-state index contributed by atoms with van der Waals surface area (Å²) in [6.45, 7) is 0.354. The van der Waals surface area contributed by atoms with Crippen LogP contribution in [0.1, 0.15) is 16.2 Å². The zero-order chi connectivity index (χ0) is 15.6. The highest BCUT2D eigenvalue weighted by Gasteiger charge is 2.29. The van der Waals surface area contributed by atoms with Gasteiger partial charge in [0.05, 0.1) is 18.7 Å². The van der Waals surface area contributed by atoms with Gasteiger partial charge in [-0.1, -0.05) is 42.5 Å². The molecule has 0 radical (unpaired) electrons. The Morgan fingerprint density at radius 2 is 1.96 bits per heavy atom. The highest BCUT2D eigenvalue weighted by molar-refractivity contribution is 5.94. The van der Waals surface area contributed by atoms with E-state index in [1.165, 1.54) is 12.5 Å². The van der Waals surface area contributed by atoms with Crippen LogP contribution in [0, 0.1) is 5.92 Å². The molecule has 4 nitrogen and oxygen atoms in total. The van der Waals surface area contributed by atoms with Crippen LogP contribution < -0.4 is 4.74 Å². The number of carbonyl (C=O) groups excluding carboxylic acids is 1. The minimum absolute atomic E-state index is 0.104. The van der Waals surface area contributed by atoms with Crippen LogP contribution in [0.25, 0.3) is 11.1 Å². The molecule has 0 spiro atoms. The van der Waals surface area contributed by atoms with Crippen LogP contribution in [0.3, 0.4) is 0 Å². The van der Waals surface area contributed by atoms with Crippen molar-refractivity contribution < 1.29 is 13.9 Å². The van der Waals surface area contributed by atoms with E-state index in [0.717, 1.165) is 22.4 Å². The van der Waals surface area contributed by atoms with Crippen molar-refractivity contribution >= 4 is 5.78 Å². The van der Waals surface area contributed by atoms with E-state index >= 15 is 0 Å². The first-order valence-corrected chi connectivity index (χ1v) is 7.56. The second-order valence-electron chi connectivity index (χ2n) is 5.60. The topological polar surface area (TPSA) is 52.3 Å². The Labute approximate surface area is 133 Å². The maximum absolute atomic E-state index is 12.3. The van der Waals surface area contributed by atoms with Gasteiger partial charge in [0, 0.05) is 0 Å². The van der Waals surface area contributed by atoms with E-state index < -0.39 is 0 Å². The molecule has 0 bridgehead atoms. The molecule has 1 atom stereocenters. The summed E-state index contributed by atoms with van der Waals surface area (Å²) in [7, 11) is 0. The standard InChI is InChI=1S/C19H15NO3/c21-18(19-20-8-9-22-19)16-10-15-7-6-14(11-17(15)23-12-16)13-4-2-1-3-5-13/h1-9,11,16H,10,12H2/t16-/m0/s1. The van der Waals surface area contributed by atoms with Crippen molar-refractivity contribution in [1.29, 1.82) is 0 Å². The normalized spacial score (nSPS) is 16.4. The third-order valence-electron chi connectivity index (χ3n) is 4.09. The molecule has 0 fully saturated rings. The molecule has 23 heavy (non-hydrogen) atoms. The molecule has 0 saturated carbocycles. The fourth-order valence-electron chi connectivity index (χ4n) is 2.87. The number of ether oxygens (including phenoxy) is 1. The summed E-state index contributed by atoms with van der Waals surface area (Å²) in [4.78, 5) is 16.3. The zero-order valence-electron chi connectivity index (χ0n) is 12.4. The Morgan fingerprint density at radius 3 is 2.74 bits per heavy atom. The number of ketones is 1. The molecule has 0 aliphatic carbocycles. The van der Waals surface area contributed by atoms with Crippen LogP contribution in [-0.4, -0.2) is 17.4 Å². The molecule has 0 amide bonds. The molecule has 0 saturated heterocycles. The average molecular weight is 305 g/mol. The van der Waals surface area contributed by atoms with Crippen molar-refractivity contribution in [3.05, 3.63) is 72.4 Å². The largest absolute Gasteiger partial charge is 0.493 e. The molecule has 3 aromatic rings. The predicted molar refractivity (Wildman–Crippen MR) is 85.4 cm³/mol. The van der Waals surface area contributed by atoms with Gasteiger partial charge in [0.25, 0.3) is 5.89 Å². The molecule has 4 rings (SSSR count). The summed E-state index contributed by atoms with van der Waals surface area (Å²) in [5, 5.41) is 0. The number of Topliss-reactive ketones (excluding diaryl/α,β-unsaturated/α-hetero) is 1. The minimum atomic E-state index is -0.247. The van der Waals surface area contributed by atoms with Gasteiger partial charge in [-0.3, -0.25) is 4.79 Å². The number of hydrogen-bond donors (Lipinski definition) is 0. The third-order valence-corrected chi connectivity index (χ3v) is 4.09. The predicted octanol–water partition coefficient (Wildman–Crippen LogP) is 3.78.